The van der Waals surface area contributed by atoms with Crippen LogP contribution in [0.25, 0.3) is 0 Å². The Labute approximate surface area is 150 Å². The van der Waals surface area contributed by atoms with Crippen molar-refractivity contribution in [3.05, 3.63) is 58.1 Å². The molecule has 2 rings (SSSR count). The van der Waals surface area contributed by atoms with Gasteiger partial charge in [0, 0.05) is 28.6 Å². The molecule has 126 valence electrons. The quantitative estimate of drug-likeness (QED) is 0.694. The molecule has 4 nitrogen and oxygen atoms in total. The van der Waals surface area contributed by atoms with Gasteiger partial charge in [0.05, 0.1) is 6.61 Å². The van der Waals surface area contributed by atoms with E-state index in [9.17, 15) is 9.59 Å². The second kappa shape index (κ2) is 8.64. The van der Waals surface area contributed by atoms with Crippen LogP contribution in [0.15, 0.2) is 46.9 Å². The molecular weight excluding hydrogens is 370 g/mol. The second-order valence-corrected chi connectivity index (χ2v) is 6.30. The zero-order valence-electron chi connectivity index (χ0n) is 13.8. The number of nitrogens with one attached hydrogen (secondary N) is 1. The van der Waals surface area contributed by atoms with E-state index in [0.717, 1.165) is 21.5 Å². The summed E-state index contributed by atoms with van der Waals surface area (Å²) in [6.07, 6.45) is 0.330. The Morgan fingerprint density at radius 1 is 1.08 bits per heavy atom. The minimum atomic E-state index is -0.167. The van der Waals surface area contributed by atoms with Gasteiger partial charge in [0.25, 0.3) is 0 Å². The van der Waals surface area contributed by atoms with Crippen LogP contribution in [0.3, 0.4) is 0 Å². The molecule has 0 fully saturated rings. The molecule has 0 saturated heterocycles. The standard InChI is InChI=1S/C19H20BrNO3/c1-3-24-16-7-4-14(5-8-16)18(22)10-11-19(23)21-17-9-6-15(20)12-13(17)2/h4-9,12H,3,10-11H2,1-2H3,(H,21,23). The maximum absolute atomic E-state index is 12.2. The third-order valence-corrected chi connectivity index (χ3v) is 4.02. The number of benzene rings is 2. The van der Waals surface area contributed by atoms with Gasteiger partial charge in [0.1, 0.15) is 5.75 Å². The van der Waals surface area contributed by atoms with Crippen LogP contribution in [0.2, 0.25) is 0 Å². The number of Topliss-reactive ketones (excluding diaryl/α,β-unsaturated/α-hetero) is 1. The summed E-state index contributed by atoms with van der Waals surface area (Å²) in [6.45, 7) is 4.42. The lowest BCUT2D eigenvalue weighted by molar-refractivity contribution is -0.116. The summed E-state index contributed by atoms with van der Waals surface area (Å²) in [5, 5.41) is 2.84. The van der Waals surface area contributed by atoms with Gasteiger partial charge in [0.2, 0.25) is 5.91 Å². The first-order valence-corrected chi connectivity index (χ1v) is 8.61. The van der Waals surface area contributed by atoms with Crippen LogP contribution in [0.1, 0.15) is 35.7 Å². The van der Waals surface area contributed by atoms with Gasteiger partial charge in [-0.3, -0.25) is 9.59 Å². The summed E-state index contributed by atoms with van der Waals surface area (Å²) in [5.74, 6) is 0.512. The van der Waals surface area contributed by atoms with E-state index in [2.05, 4.69) is 21.2 Å². The molecule has 0 aliphatic rings. The topological polar surface area (TPSA) is 55.4 Å². The Kier molecular flexibility index (Phi) is 6.55. The fraction of sp³-hybridized carbons (Fsp3) is 0.263. The van der Waals surface area contributed by atoms with Gasteiger partial charge in [-0.1, -0.05) is 15.9 Å². The molecule has 0 atom stereocenters. The van der Waals surface area contributed by atoms with Gasteiger partial charge in [-0.05, 0) is 61.9 Å². The fourth-order valence-corrected chi connectivity index (χ4v) is 2.73. The molecule has 2 aromatic carbocycles. The predicted octanol–water partition coefficient (Wildman–Crippen LogP) is 4.76. The van der Waals surface area contributed by atoms with Crippen molar-refractivity contribution < 1.29 is 14.3 Å². The van der Waals surface area contributed by atoms with Crippen LogP contribution < -0.4 is 10.1 Å². The number of carbonyl (C=O) groups is 2. The molecule has 2 aromatic rings. The number of carbonyl (C=O) groups excluding carboxylic acids is 2. The summed E-state index contributed by atoms with van der Waals surface area (Å²) in [4.78, 5) is 24.2. The van der Waals surface area contributed by atoms with Gasteiger partial charge in [-0.2, -0.15) is 0 Å². The highest BCUT2D eigenvalue weighted by Crippen LogP contribution is 2.20. The summed E-state index contributed by atoms with van der Waals surface area (Å²) in [6, 6.07) is 12.6. The Balaban J connectivity index is 1.87. The van der Waals surface area contributed by atoms with Crippen LogP contribution in [0, 0.1) is 6.92 Å². The lowest BCUT2D eigenvalue weighted by Gasteiger charge is -2.09. The number of aryl methyl sites for hydroxylation is 1. The first kappa shape index (κ1) is 18.2. The Bertz CT molecular complexity index is 726. The first-order chi connectivity index (χ1) is 11.5. The van der Waals surface area contributed by atoms with E-state index >= 15 is 0 Å². The lowest BCUT2D eigenvalue weighted by atomic mass is 10.1. The van der Waals surface area contributed by atoms with Crippen LogP contribution in [-0.4, -0.2) is 18.3 Å². The Morgan fingerprint density at radius 2 is 1.79 bits per heavy atom. The maximum atomic E-state index is 12.2. The highest BCUT2D eigenvalue weighted by molar-refractivity contribution is 9.10. The molecule has 0 radical (unpaired) electrons. The van der Waals surface area contributed by atoms with E-state index in [0.29, 0.717) is 12.2 Å². The van der Waals surface area contributed by atoms with Crippen molar-refractivity contribution in [1.82, 2.24) is 0 Å². The average molecular weight is 390 g/mol. The van der Waals surface area contributed by atoms with Gasteiger partial charge in [-0.25, -0.2) is 0 Å². The van der Waals surface area contributed by atoms with Gasteiger partial charge < -0.3 is 10.1 Å². The zero-order valence-corrected chi connectivity index (χ0v) is 15.4. The van der Waals surface area contributed by atoms with Crippen molar-refractivity contribution in [2.24, 2.45) is 0 Å². The monoisotopic (exact) mass is 389 g/mol. The van der Waals surface area contributed by atoms with Crippen molar-refractivity contribution in [3.8, 4) is 5.75 Å². The van der Waals surface area contributed by atoms with Gasteiger partial charge in [-0.15, -0.1) is 0 Å². The van der Waals surface area contributed by atoms with Crippen LogP contribution in [0.4, 0.5) is 5.69 Å². The molecule has 0 aliphatic carbocycles. The van der Waals surface area contributed by atoms with Crippen molar-refractivity contribution >= 4 is 33.3 Å². The van der Waals surface area contributed by atoms with Crippen molar-refractivity contribution in [2.75, 3.05) is 11.9 Å². The largest absolute Gasteiger partial charge is 0.494 e. The molecule has 1 amide bonds. The fourth-order valence-electron chi connectivity index (χ4n) is 2.26. The molecule has 0 bridgehead atoms. The lowest BCUT2D eigenvalue weighted by Crippen LogP contribution is -2.14. The Morgan fingerprint density at radius 3 is 2.42 bits per heavy atom. The molecule has 24 heavy (non-hydrogen) atoms. The van der Waals surface area contributed by atoms with Crippen molar-refractivity contribution in [3.63, 3.8) is 0 Å². The minimum Gasteiger partial charge on any atom is -0.494 e. The summed E-state index contributed by atoms with van der Waals surface area (Å²) >= 11 is 3.39. The minimum absolute atomic E-state index is 0.0549. The number of hydrogen-bond acceptors (Lipinski definition) is 3. The molecule has 1 N–H and O–H groups in total. The number of amides is 1. The number of ether oxygens (including phenoxy) is 1. The Hall–Kier alpha value is -2.14. The molecular formula is C19H20BrNO3. The van der Waals surface area contributed by atoms with E-state index in [1.807, 2.05) is 32.0 Å². The average Bonchev–Trinajstić information content (AvgIpc) is 2.56. The number of rotatable bonds is 7. The van der Waals surface area contributed by atoms with Crippen molar-refractivity contribution in [1.29, 1.82) is 0 Å². The molecule has 0 unspecified atom stereocenters. The second-order valence-electron chi connectivity index (χ2n) is 5.39. The van der Waals surface area contributed by atoms with E-state index in [1.54, 1.807) is 24.3 Å². The van der Waals surface area contributed by atoms with E-state index in [4.69, 9.17) is 4.74 Å². The predicted molar refractivity (Wildman–Crippen MR) is 98.7 cm³/mol. The summed E-state index contributed by atoms with van der Waals surface area (Å²) in [7, 11) is 0. The SMILES string of the molecule is CCOc1ccc(C(=O)CCC(=O)Nc2ccc(Br)cc2C)cc1. The highest BCUT2D eigenvalue weighted by atomic mass is 79.9. The third-order valence-electron chi connectivity index (χ3n) is 3.53. The van der Waals surface area contributed by atoms with Crippen LogP contribution in [0.5, 0.6) is 5.75 Å². The normalized spacial score (nSPS) is 10.3. The van der Waals surface area contributed by atoms with Gasteiger partial charge in [0.15, 0.2) is 5.78 Å². The molecule has 0 saturated carbocycles. The highest BCUT2D eigenvalue weighted by Gasteiger charge is 2.11. The third kappa shape index (κ3) is 5.20. The molecule has 0 heterocycles. The number of halogens is 1. The van der Waals surface area contributed by atoms with E-state index in [-0.39, 0.29) is 24.5 Å². The number of anilines is 1. The zero-order chi connectivity index (χ0) is 17.5. The van der Waals surface area contributed by atoms with Crippen LogP contribution in [-0.2, 0) is 4.79 Å². The van der Waals surface area contributed by atoms with Crippen molar-refractivity contribution in [2.45, 2.75) is 26.7 Å². The molecule has 0 spiro atoms. The van der Waals surface area contributed by atoms with E-state index in [1.165, 1.54) is 0 Å². The summed E-state index contributed by atoms with van der Waals surface area (Å²) in [5.41, 5.74) is 2.32. The number of hydrogen-bond donors (Lipinski definition) is 1. The van der Waals surface area contributed by atoms with Gasteiger partial charge >= 0.3 is 0 Å². The molecule has 5 heteroatoms. The van der Waals surface area contributed by atoms with E-state index < -0.39 is 0 Å². The smallest absolute Gasteiger partial charge is 0.224 e. The van der Waals surface area contributed by atoms with Crippen LogP contribution >= 0.6 is 15.9 Å². The first-order valence-electron chi connectivity index (χ1n) is 7.81. The maximum Gasteiger partial charge on any atom is 0.224 e. The summed E-state index contributed by atoms with van der Waals surface area (Å²) < 4.78 is 6.31. The molecule has 0 aromatic heterocycles. The number of ketones is 1. The molecule has 0 aliphatic heterocycles.